The van der Waals surface area contributed by atoms with Crippen LogP contribution in [-0.2, 0) is 29.6 Å². The molecule has 5 heteroatoms. The van der Waals surface area contributed by atoms with Crippen LogP contribution in [0.4, 0.5) is 0 Å². The van der Waals surface area contributed by atoms with E-state index in [0.717, 1.165) is 0 Å². The van der Waals surface area contributed by atoms with Crippen LogP contribution < -0.4 is 0 Å². The zero-order valence-corrected chi connectivity index (χ0v) is 10.1. The molecule has 0 bridgehead atoms. The zero-order valence-electron chi connectivity index (χ0n) is 8.87. The second-order valence-electron chi connectivity index (χ2n) is 2.03. The molecule has 0 aromatic rings. The summed E-state index contributed by atoms with van der Waals surface area (Å²) in [5.74, 6) is 0. The molecule has 0 amide bonds. The topological polar surface area (TPSA) is 36.9 Å². The Bertz CT molecular complexity index is 91.2. The van der Waals surface area contributed by atoms with Crippen LogP contribution in [0.5, 0.6) is 0 Å². The predicted octanol–water partition coefficient (Wildman–Crippen LogP) is 1.95. The van der Waals surface area contributed by atoms with Crippen LogP contribution >= 0.6 is 0 Å². The Kier molecular flexibility index (Phi) is 7.97. The first-order valence-corrected chi connectivity index (χ1v) is 6.73. The van der Waals surface area contributed by atoms with Gasteiger partial charge in [0.1, 0.15) is 0 Å². The van der Waals surface area contributed by atoms with Crippen molar-refractivity contribution in [1.29, 1.82) is 0 Å². The molecule has 13 heavy (non-hydrogen) atoms. The fourth-order valence-electron chi connectivity index (χ4n) is 0.781. The Labute approximate surface area is 84.1 Å². The summed E-state index contributed by atoms with van der Waals surface area (Å²) in [4.78, 5) is 0. The van der Waals surface area contributed by atoms with Gasteiger partial charge in [0.15, 0.2) is 0 Å². The van der Waals surface area contributed by atoms with Crippen molar-refractivity contribution in [1.82, 2.24) is 0 Å². The molecule has 0 aromatic heterocycles. The van der Waals surface area contributed by atoms with E-state index >= 15 is 0 Å². The molecule has 0 saturated heterocycles. The van der Waals surface area contributed by atoms with E-state index in [1.54, 1.807) is 0 Å². The number of hydrogen-bond donors (Lipinski definition) is 0. The Balaban J connectivity index is 4.19. The molecule has 0 aliphatic rings. The zero-order chi connectivity index (χ0) is 10.2. The van der Waals surface area contributed by atoms with Gasteiger partial charge in [-0.1, -0.05) is 0 Å². The molecule has 0 aromatic carbocycles. The van der Waals surface area contributed by atoms with E-state index in [9.17, 15) is 0 Å². The van der Waals surface area contributed by atoms with E-state index < -0.39 is 14.4 Å². The Morgan fingerprint density at radius 1 is 0.615 bits per heavy atom. The minimum atomic E-state index is -2.98. The van der Waals surface area contributed by atoms with Crippen molar-refractivity contribution in [3.05, 3.63) is 0 Å². The third kappa shape index (κ3) is 4.97. The third-order valence-corrected chi connectivity index (χ3v) is 4.32. The SMILES string of the molecule is CC[O][Cr]([O]CC)([O]CC)[O]CC. The van der Waals surface area contributed by atoms with Crippen LogP contribution in [0.1, 0.15) is 27.7 Å². The minimum absolute atomic E-state index is 0.556. The van der Waals surface area contributed by atoms with Gasteiger partial charge >= 0.3 is 83.7 Å². The van der Waals surface area contributed by atoms with Crippen molar-refractivity contribution in [3.8, 4) is 0 Å². The van der Waals surface area contributed by atoms with Gasteiger partial charge in [0.25, 0.3) is 0 Å². The summed E-state index contributed by atoms with van der Waals surface area (Å²) in [5, 5.41) is 0. The van der Waals surface area contributed by atoms with Gasteiger partial charge < -0.3 is 0 Å². The van der Waals surface area contributed by atoms with Crippen molar-refractivity contribution < 1.29 is 29.6 Å². The monoisotopic (exact) mass is 232 g/mol. The fraction of sp³-hybridized carbons (Fsp3) is 1.00. The first kappa shape index (κ1) is 13.4. The van der Waals surface area contributed by atoms with Gasteiger partial charge in [0.05, 0.1) is 0 Å². The maximum atomic E-state index is 5.44. The van der Waals surface area contributed by atoms with Crippen molar-refractivity contribution in [2.24, 2.45) is 0 Å². The molecule has 0 spiro atoms. The molecule has 0 unspecified atom stereocenters. The van der Waals surface area contributed by atoms with Crippen LogP contribution in [0, 0.1) is 0 Å². The molecule has 0 fully saturated rings. The molecule has 0 N–H and O–H groups in total. The van der Waals surface area contributed by atoms with E-state index in [1.807, 2.05) is 27.7 Å². The molecule has 0 atom stereocenters. The summed E-state index contributed by atoms with van der Waals surface area (Å²) >= 11 is -2.98. The van der Waals surface area contributed by atoms with Gasteiger partial charge in [0.2, 0.25) is 0 Å². The number of hydrogen-bond acceptors (Lipinski definition) is 4. The van der Waals surface area contributed by atoms with Crippen molar-refractivity contribution in [2.75, 3.05) is 26.4 Å². The molecule has 0 aliphatic carbocycles. The van der Waals surface area contributed by atoms with E-state index in [4.69, 9.17) is 15.2 Å². The molecule has 0 saturated carbocycles. The van der Waals surface area contributed by atoms with Gasteiger partial charge in [0, 0.05) is 0 Å². The maximum absolute atomic E-state index is 5.44. The molecule has 0 rings (SSSR count). The van der Waals surface area contributed by atoms with Crippen LogP contribution in [-0.4, -0.2) is 26.4 Å². The van der Waals surface area contributed by atoms with Gasteiger partial charge in [-0.15, -0.1) is 0 Å². The molecule has 0 aliphatic heterocycles. The summed E-state index contributed by atoms with van der Waals surface area (Å²) in [6, 6.07) is 0. The van der Waals surface area contributed by atoms with Crippen molar-refractivity contribution in [2.45, 2.75) is 27.7 Å². The summed E-state index contributed by atoms with van der Waals surface area (Å²) in [6.07, 6.45) is 0. The van der Waals surface area contributed by atoms with Gasteiger partial charge in [-0.05, 0) is 0 Å². The molecular formula is C8H20CrO4. The second kappa shape index (κ2) is 7.75. The molecule has 4 nitrogen and oxygen atoms in total. The van der Waals surface area contributed by atoms with Crippen LogP contribution in [0.3, 0.4) is 0 Å². The molecule has 0 heterocycles. The molecule has 82 valence electrons. The average Bonchev–Trinajstić information content (AvgIpc) is 2.06. The first-order chi connectivity index (χ1) is 6.24. The normalized spacial score (nSPS) is 13.2. The third-order valence-electron chi connectivity index (χ3n) is 1.05. The second-order valence-corrected chi connectivity index (χ2v) is 4.78. The standard InChI is InChI=1S/4C2H5O.Cr/c4*1-2-3;/h4*2H2,1H3;/q4*-1;+4. The Morgan fingerprint density at radius 2 is 0.846 bits per heavy atom. The van der Waals surface area contributed by atoms with E-state index in [0.29, 0.717) is 26.4 Å². The summed E-state index contributed by atoms with van der Waals surface area (Å²) in [6.45, 7) is 9.85. The Hall–Kier alpha value is 0.372. The Morgan fingerprint density at radius 3 is 1.00 bits per heavy atom. The van der Waals surface area contributed by atoms with Gasteiger partial charge in [-0.2, -0.15) is 0 Å². The summed E-state index contributed by atoms with van der Waals surface area (Å²) in [5.41, 5.74) is 0. The van der Waals surface area contributed by atoms with E-state index in [-0.39, 0.29) is 0 Å². The first-order valence-electron chi connectivity index (χ1n) is 4.65. The van der Waals surface area contributed by atoms with E-state index in [1.165, 1.54) is 0 Å². The van der Waals surface area contributed by atoms with Crippen molar-refractivity contribution >= 4 is 0 Å². The summed E-state index contributed by atoms with van der Waals surface area (Å²) < 4.78 is 21.8. The van der Waals surface area contributed by atoms with Crippen molar-refractivity contribution in [3.63, 3.8) is 0 Å². The molecular weight excluding hydrogens is 212 g/mol. The molecule has 0 radical (unpaired) electrons. The van der Waals surface area contributed by atoms with Crippen LogP contribution in [0.2, 0.25) is 0 Å². The summed E-state index contributed by atoms with van der Waals surface area (Å²) in [7, 11) is 0. The predicted molar refractivity (Wildman–Crippen MR) is 46.5 cm³/mol. The quantitative estimate of drug-likeness (QED) is 0.641. The number of rotatable bonds is 8. The van der Waals surface area contributed by atoms with Gasteiger partial charge in [-0.3, -0.25) is 0 Å². The van der Waals surface area contributed by atoms with Crippen LogP contribution in [0.15, 0.2) is 0 Å². The van der Waals surface area contributed by atoms with Gasteiger partial charge in [-0.25, -0.2) is 0 Å². The fourth-order valence-corrected chi connectivity index (χ4v) is 3.22. The van der Waals surface area contributed by atoms with Crippen LogP contribution in [0.25, 0.3) is 0 Å². The average molecular weight is 232 g/mol. The van der Waals surface area contributed by atoms with E-state index in [2.05, 4.69) is 0 Å².